The lowest BCUT2D eigenvalue weighted by molar-refractivity contribution is 0.0531. The van der Waals surface area contributed by atoms with Gasteiger partial charge in [0.15, 0.2) is 4.96 Å². The van der Waals surface area contributed by atoms with E-state index in [1.165, 1.54) is 11.3 Å². The molecule has 0 atom stereocenters. The first kappa shape index (κ1) is 23.9. The molecule has 0 amide bonds. The fourth-order valence-electron chi connectivity index (χ4n) is 3.39. The van der Waals surface area contributed by atoms with Crippen LogP contribution in [0.3, 0.4) is 0 Å². The Morgan fingerprint density at radius 1 is 1.22 bits per heavy atom. The van der Waals surface area contributed by atoms with Crippen molar-refractivity contribution in [1.29, 1.82) is 0 Å². The van der Waals surface area contributed by atoms with Gasteiger partial charge in [0.2, 0.25) is 0 Å². The van der Waals surface area contributed by atoms with Crippen LogP contribution < -0.4 is 10.1 Å². The molecule has 4 aromatic rings. The van der Waals surface area contributed by atoms with Crippen molar-refractivity contribution in [1.82, 2.24) is 9.38 Å². The molecule has 0 saturated carbocycles. The molecule has 0 fully saturated rings. The van der Waals surface area contributed by atoms with Crippen LogP contribution in [0, 0.1) is 6.92 Å². The number of methoxy groups -OCH3 is 1. The Balaban J connectivity index is 0.00000289. The summed E-state index contributed by atoms with van der Waals surface area (Å²) in [4.78, 5) is 18.5. The predicted molar refractivity (Wildman–Crippen MR) is 132 cm³/mol. The summed E-state index contributed by atoms with van der Waals surface area (Å²) in [5, 5.41) is 4.17. The van der Waals surface area contributed by atoms with Crippen molar-refractivity contribution >= 4 is 52.1 Å². The van der Waals surface area contributed by atoms with Gasteiger partial charge < -0.3 is 14.8 Å². The summed E-state index contributed by atoms with van der Waals surface area (Å²) in [6.45, 7) is 4.52. The number of halogens is 2. The summed E-state index contributed by atoms with van der Waals surface area (Å²) >= 11 is 7.67. The van der Waals surface area contributed by atoms with Crippen LogP contribution in [0.25, 0.3) is 16.2 Å². The van der Waals surface area contributed by atoms with Gasteiger partial charge in [-0.15, -0.1) is 12.4 Å². The molecule has 0 bridgehead atoms. The highest BCUT2D eigenvalue weighted by molar-refractivity contribution is 7.19. The maximum atomic E-state index is 12.4. The van der Waals surface area contributed by atoms with E-state index in [9.17, 15) is 4.79 Å². The van der Waals surface area contributed by atoms with Gasteiger partial charge in [-0.25, -0.2) is 9.78 Å². The fourth-order valence-corrected chi connectivity index (χ4v) is 4.61. The number of carbonyl (C=O) groups is 1. The molecular weight excluding hydrogens is 469 g/mol. The smallest absolute Gasteiger partial charge is 0.350 e. The molecule has 4 rings (SSSR count). The van der Waals surface area contributed by atoms with E-state index in [2.05, 4.69) is 5.32 Å². The number of esters is 1. The molecular formula is C23H23Cl2N3O3S. The molecule has 0 aliphatic carbocycles. The summed E-state index contributed by atoms with van der Waals surface area (Å²) in [5.74, 6) is 1.19. The quantitative estimate of drug-likeness (QED) is 0.309. The minimum atomic E-state index is -0.338. The third kappa shape index (κ3) is 4.55. The zero-order valence-electron chi connectivity index (χ0n) is 17.8. The van der Waals surface area contributed by atoms with Crippen molar-refractivity contribution in [3.8, 4) is 17.0 Å². The van der Waals surface area contributed by atoms with Gasteiger partial charge in [-0.3, -0.25) is 4.40 Å². The molecule has 2 aromatic carbocycles. The van der Waals surface area contributed by atoms with Crippen molar-refractivity contribution in [3.63, 3.8) is 0 Å². The second kappa shape index (κ2) is 10.3. The summed E-state index contributed by atoms with van der Waals surface area (Å²) < 4.78 is 12.6. The predicted octanol–water partition coefficient (Wildman–Crippen LogP) is 6.24. The SMILES string of the molecule is CCOC(=O)c1sc2nc(-c3cccc(OC)c3)c(NCc3ccccc3Cl)n2c1C.Cl. The lowest BCUT2D eigenvalue weighted by atomic mass is 10.1. The number of ether oxygens (including phenoxy) is 2. The lowest BCUT2D eigenvalue weighted by Crippen LogP contribution is -2.07. The molecule has 6 nitrogen and oxygen atoms in total. The first-order valence-corrected chi connectivity index (χ1v) is 11.0. The van der Waals surface area contributed by atoms with Gasteiger partial charge in [0.25, 0.3) is 0 Å². The van der Waals surface area contributed by atoms with Crippen LogP contribution in [0.2, 0.25) is 5.02 Å². The van der Waals surface area contributed by atoms with Crippen LogP contribution in [-0.2, 0) is 11.3 Å². The zero-order chi connectivity index (χ0) is 22.0. The van der Waals surface area contributed by atoms with E-state index in [-0.39, 0.29) is 18.4 Å². The molecule has 0 radical (unpaired) electrons. The van der Waals surface area contributed by atoms with Gasteiger partial charge in [-0.1, -0.05) is 53.3 Å². The molecule has 2 heterocycles. The van der Waals surface area contributed by atoms with E-state index in [1.54, 1.807) is 14.0 Å². The number of hydrogen-bond donors (Lipinski definition) is 1. The number of hydrogen-bond acceptors (Lipinski definition) is 6. The van der Waals surface area contributed by atoms with Crippen LogP contribution in [0.4, 0.5) is 5.82 Å². The largest absolute Gasteiger partial charge is 0.497 e. The molecule has 1 N–H and O–H groups in total. The second-order valence-electron chi connectivity index (χ2n) is 6.84. The highest BCUT2D eigenvalue weighted by Crippen LogP contribution is 2.36. The molecule has 9 heteroatoms. The van der Waals surface area contributed by atoms with Crippen molar-refractivity contribution in [2.45, 2.75) is 20.4 Å². The minimum absolute atomic E-state index is 0. The second-order valence-corrected chi connectivity index (χ2v) is 8.23. The minimum Gasteiger partial charge on any atom is -0.497 e. The van der Waals surface area contributed by atoms with Crippen LogP contribution >= 0.6 is 35.3 Å². The molecule has 168 valence electrons. The Labute approximate surface area is 201 Å². The Morgan fingerprint density at radius 3 is 2.72 bits per heavy atom. The Morgan fingerprint density at radius 2 is 2.00 bits per heavy atom. The first-order chi connectivity index (χ1) is 15.0. The summed E-state index contributed by atoms with van der Waals surface area (Å²) in [5.41, 5.74) is 3.43. The maximum absolute atomic E-state index is 12.4. The number of thiazole rings is 1. The molecule has 0 aliphatic rings. The number of anilines is 1. The fraction of sp³-hybridized carbons (Fsp3) is 0.217. The van der Waals surface area contributed by atoms with Crippen LogP contribution in [-0.4, -0.2) is 29.1 Å². The number of carbonyl (C=O) groups excluding carboxylic acids is 1. The summed E-state index contributed by atoms with van der Waals surface area (Å²) in [6.07, 6.45) is 0. The van der Waals surface area contributed by atoms with Gasteiger partial charge in [0, 0.05) is 22.8 Å². The number of nitrogens with one attached hydrogen (secondary N) is 1. The van der Waals surface area contributed by atoms with Crippen molar-refractivity contribution < 1.29 is 14.3 Å². The number of aromatic nitrogens is 2. The van der Waals surface area contributed by atoms with Crippen LogP contribution in [0.15, 0.2) is 48.5 Å². The van der Waals surface area contributed by atoms with Crippen molar-refractivity contribution in [2.24, 2.45) is 0 Å². The van der Waals surface area contributed by atoms with E-state index in [0.717, 1.165) is 34.1 Å². The van der Waals surface area contributed by atoms with Gasteiger partial charge in [0.05, 0.1) is 13.7 Å². The third-order valence-electron chi connectivity index (χ3n) is 4.91. The Bertz CT molecular complexity index is 1250. The number of benzene rings is 2. The average molecular weight is 492 g/mol. The molecule has 0 saturated heterocycles. The van der Waals surface area contributed by atoms with Crippen LogP contribution in [0.1, 0.15) is 27.9 Å². The standard InChI is InChI=1S/C23H22ClN3O3S.ClH/c1-4-30-22(28)20-14(2)27-21(25-13-16-8-5-6-11-18(16)24)19(26-23(27)31-20)15-9-7-10-17(12-15)29-3;/h5-12,25H,4,13H2,1-3H3;1H. The summed E-state index contributed by atoms with van der Waals surface area (Å²) in [6, 6.07) is 15.4. The number of rotatable bonds is 7. The van der Waals surface area contributed by atoms with Gasteiger partial charge >= 0.3 is 5.97 Å². The van der Waals surface area contributed by atoms with Crippen molar-refractivity contribution in [3.05, 3.63) is 69.7 Å². The van der Waals surface area contributed by atoms with E-state index in [1.807, 2.05) is 59.9 Å². The van der Waals surface area contributed by atoms with Gasteiger partial charge in [-0.2, -0.15) is 0 Å². The van der Waals surface area contributed by atoms with Gasteiger partial charge in [-0.05, 0) is 37.6 Å². The van der Waals surface area contributed by atoms with E-state index in [0.29, 0.717) is 28.0 Å². The maximum Gasteiger partial charge on any atom is 0.350 e. The number of imidazole rings is 1. The molecule has 0 unspecified atom stereocenters. The number of nitrogens with zero attached hydrogens (tertiary/aromatic N) is 2. The van der Waals surface area contributed by atoms with E-state index >= 15 is 0 Å². The Kier molecular flexibility index (Phi) is 7.66. The van der Waals surface area contributed by atoms with Crippen LogP contribution in [0.5, 0.6) is 5.75 Å². The highest BCUT2D eigenvalue weighted by Gasteiger charge is 2.24. The number of aryl methyl sites for hydroxylation is 1. The lowest BCUT2D eigenvalue weighted by Gasteiger charge is -2.11. The average Bonchev–Trinajstić information content (AvgIpc) is 3.30. The normalized spacial score (nSPS) is 10.6. The first-order valence-electron chi connectivity index (χ1n) is 9.84. The monoisotopic (exact) mass is 491 g/mol. The summed E-state index contributed by atoms with van der Waals surface area (Å²) in [7, 11) is 1.64. The molecule has 32 heavy (non-hydrogen) atoms. The topological polar surface area (TPSA) is 64.9 Å². The van der Waals surface area contributed by atoms with E-state index in [4.69, 9.17) is 26.1 Å². The molecule has 0 aliphatic heterocycles. The third-order valence-corrected chi connectivity index (χ3v) is 6.40. The zero-order valence-corrected chi connectivity index (χ0v) is 20.2. The Hall–Kier alpha value is -2.74. The number of fused-ring (bicyclic) bond motifs is 1. The van der Waals surface area contributed by atoms with Gasteiger partial charge in [0.1, 0.15) is 22.1 Å². The highest BCUT2D eigenvalue weighted by atomic mass is 35.5. The van der Waals surface area contributed by atoms with Crippen molar-refractivity contribution in [2.75, 3.05) is 19.0 Å². The molecule has 2 aromatic heterocycles. The van der Waals surface area contributed by atoms with E-state index < -0.39 is 0 Å². The molecule has 0 spiro atoms.